The minimum atomic E-state index is -0.706. The third-order valence-corrected chi connectivity index (χ3v) is 4.58. The molecule has 1 aliphatic rings. The summed E-state index contributed by atoms with van der Waals surface area (Å²) in [6.07, 6.45) is 3.42. The largest absolute Gasteiger partial charge is 0.493 e. The summed E-state index contributed by atoms with van der Waals surface area (Å²) in [7, 11) is 1.21. The van der Waals surface area contributed by atoms with E-state index in [4.69, 9.17) is 9.47 Å². The van der Waals surface area contributed by atoms with E-state index >= 15 is 0 Å². The van der Waals surface area contributed by atoms with Crippen LogP contribution in [-0.4, -0.2) is 49.9 Å². The molecule has 0 bridgehead atoms. The summed E-state index contributed by atoms with van der Waals surface area (Å²) < 4.78 is 29.1. The molecule has 0 spiro atoms. The molecule has 1 aromatic rings. The Bertz CT molecular complexity index is 641. The first-order chi connectivity index (χ1) is 12.9. The van der Waals surface area contributed by atoms with Crippen molar-refractivity contribution in [2.75, 3.05) is 26.8 Å². The molecule has 1 amide bonds. The van der Waals surface area contributed by atoms with Gasteiger partial charge >= 0.3 is 12.1 Å². The average Bonchev–Trinajstić information content (AvgIpc) is 2.64. The zero-order valence-corrected chi connectivity index (χ0v) is 16.2. The summed E-state index contributed by atoms with van der Waals surface area (Å²) in [6, 6.07) is 4.13. The first kappa shape index (κ1) is 21.0. The highest BCUT2D eigenvalue weighted by atomic mass is 19.1. The van der Waals surface area contributed by atoms with Gasteiger partial charge in [0.15, 0.2) is 0 Å². The zero-order valence-electron chi connectivity index (χ0n) is 16.2. The van der Waals surface area contributed by atoms with Gasteiger partial charge in [-0.2, -0.15) is 0 Å². The molecule has 1 saturated heterocycles. The van der Waals surface area contributed by atoms with Crippen LogP contribution >= 0.6 is 0 Å². The van der Waals surface area contributed by atoms with Crippen molar-refractivity contribution in [1.82, 2.24) is 4.90 Å². The second-order valence-corrected chi connectivity index (χ2v) is 6.99. The second-order valence-electron chi connectivity index (χ2n) is 6.99. The van der Waals surface area contributed by atoms with Gasteiger partial charge in [-0.05, 0) is 57.6 Å². The molecule has 0 unspecified atom stereocenters. The Labute approximate surface area is 159 Å². The molecule has 1 aromatic carbocycles. The Morgan fingerprint density at radius 1 is 1.26 bits per heavy atom. The lowest BCUT2D eigenvalue weighted by atomic mass is 9.92. The highest BCUT2D eigenvalue weighted by Gasteiger charge is 2.24. The molecule has 0 aromatic heterocycles. The number of ether oxygens (including phenoxy) is 3. The van der Waals surface area contributed by atoms with E-state index in [1.54, 1.807) is 11.0 Å². The molecule has 0 radical (unpaired) electrons. The highest BCUT2D eigenvalue weighted by molar-refractivity contribution is 5.89. The molecule has 6 nitrogen and oxygen atoms in total. The van der Waals surface area contributed by atoms with Crippen LogP contribution in [0.15, 0.2) is 18.2 Å². The maximum absolute atomic E-state index is 13.8. The number of carbonyl (C=O) groups is 2. The van der Waals surface area contributed by atoms with Crippen LogP contribution in [0.1, 0.15) is 49.9 Å². The van der Waals surface area contributed by atoms with Crippen LogP contribution in [0.4, 0.5) is 9.18 Å². The summed E-state index contributed by atoms with van der Waals surface area (Å²) >= 11 is 0. The lowest BCUT2D eigenvalue weighted by Crippen LogP contribution is -2.39. The van der Waals surface area contributed by atoms with Crippen LogP contribution in [-0.2, 0) is 9.47 Å². The molecule has 0 aliphatic carbocycles. The Morgan fingerprint density at radius 3 is 2.56 bits per heavy atom. The van der Waals surface area contributed by atoms with Crippen molar-refractivity contribution in [3.63, 3.8) is 0 Å². The number of esters is 1. The SMILES string of the molecule is COC(=O)c1ccc(OCCCC2CCN(C(=O)OC(C)C)CC2)cc1F. The third kappa shape index (κ3) is 6.41. The molecule has 1 aliphatic heterocycles. The lowest BCUT2D eigenvalue weighted by Gasteiger charge is -2.31. The Balaban J connectivity index is 1.67. The molecular formula is C20H28FNO5. The number of carbonyl (C=O) groups excluding carboxylic acids is 2. The Morgan fingerprint density at radius 2 is 1.96 bits per heavy atom. The van der Waals surface area contributed by atoms with Crippen molar-refractivity contribution in [3.8, 4) is 5.75 Å². The molecule has 0 saturated carbocycles. The van der Waals surface area contributed by atoms with Gasteiger partial charge in [-0.25, -0.2) is 14.0 Å². The molecule has 150 valence electrons. The maximum atomic E-state index is 13.8. The van der Waals surface area contributed by atoms with Crippen LogP contribution in [0.3, 0.4) is 0 Å². The molecule has 2 rings (SSSR count). The summed E-state index contributed by atoms with van der Waals surface area (Å²) in [4.78, 5) is 25.0. The van der Waals surface area contributed by atoms with Gasteiger partial charge < -0.3 is 19.1 Å². The second kappa shape index (κ2) is 10.1. The Hall–Kier alpha value is -2.31. The number of hydrogen-bond donors (Lipinski definition) is 0. The minimum Gasteiger partial charge on any atom is -0.493 e. The monoisotopic (exact) mass is 381 g/mol. The van der Waals surface area contributed by atoms with Gasteiger partial charge in [0.1, 0.15) is 11.6 Å². The topological polar surface area (TPSA) is 65.1 Å². The number of piperidine rings is 1. The van der Waals surface area contributed by atoms with Gasteiger partial charge in [-0.3, -0.25) is 0 Å². The van der Waals surface area contributed by atoms with Gasteiger partial charge in [0.05, 0.1) is 25.4 Å². The first-order valence-electron chi connectivity index (χ1n) is 9.37. The number of nitrogens with zero attached hydrogens (tertiary/aromatic N) is 1. The van der Waals surface area contributed by atoms with E-state index in [1.165, 1.54) is 19.2 Å². The van der Waals surface area contributed by atoms with Crippen molar-refractivity contribution in [2.24, 2.45) is 5.92 Å². The molecule has 1 fully saturated rings. The number of benzene rings is 1. The Kier molecular flexibility index (Phi) is 7.88. The van der Waals surface area contributed by atoms with Crippen LogP contribution < -0.4 is 4.74 Å². The third-order valence-electron chi connectivity index (χ3n) is 4.58. The van der Waals surface area contributed by atoms with E-state index < -0.39 is 11.8 Å². The van der Waals surface area contributed by atoms with E-state index in [2.05, 4.69) is 4.74 Å². The standard InChI is InChI=1S/C20H28FNO5/c1-14(2)27-20(24)22-10-8-15(9-11-22)5-4-12-26-16-6-7-17(18(21)13-16)19(23)25-3/h6-7,13-15H,4-5,8-12H2,1-3H3. The number of halogens is 1. The van der Waals surface area contributed by atoms with Crippen molar-refractivity contribution in [2.45, 2.75) is 45.6 Å². The van der Waals surface area contributed by atoms with E-state index in [0.29, 0.717) is 18.3 Å². The normalized spacial score (nSPS) is 14.9. The minimum absolute atomic E-state index is 0.0982. The summed E-state index contributed by atoms with van der Waals surface area (Å²) in [5.74, 6) is -0.413. The van der Waals surface area contributed by atoms with E-state index in [1.807, 2.05) is 13.8 Å². The fourth-order valence-electron chi connectivity index (χ4n) is 3.10. The zero-order chi connectivity index (χ0) is 19.8. The molecule has 0 atom stereocenters. The van der Waals surface area contributed by atoms with Crippen LogP contribution in [0.25, 0.3) is 0 Å². The van der Waals surface area contributed by atoms with Gasteiger partial charge in [-0.15, -0.1) is 0 Å². The van der Waals surface area contributed by atoms with Crippen LogP contribution in [0.5, 0.6) is 5.75 Å². The van der Waals surface area contributed by atoms with Crippen molar-refractivity contribution in [1.29, 1.82) is 0 Å². The number of methoxy groups -OCH3 is 1. The fraction of sp³-hybridized carbons (Fsp3) is 0.600. The molecule has 7 heteroatoms. The van der Waals surface area contributed by atoms with Gasteiger partial charge in [-0.1, -0.05) is 0 Å². The summed E-state index contributed by atoms with van der Waals surface area (Å²) in [5, 5.41) is 0. The average molecular weight is 381 g/mol. The van der Waals surface area contributed by atoms with Crippen molar-refractivity contribution in [3.05, 3.63) is 29.6 Å². The molecule has 1 heterocycles. The fourth-order valence-corrected chi connectivity index (χ4v) is 3.10. The van der Waals surface area contributed by atoms with E-state index in [-0.39, 0.29) is 17.8 Å². The van der Waals surface area contributed by atoms with Crippen molar-refractivity contribution >= 4 is 12.1 Å². The van der Waals surface area contributed by atoms with Gasteiger partial charge in [0.25, 0.3) is 0 Å². The maximum Gasteiger partial charge on any atom is 0.410 e. The number of amides is 1. The quantitative estimate of drug-likeness (QED) is 0.527. The number of rotatable bonds is 7. The smallest absolute Gasteiger partial charge is 0.410 e. The van der Waals surface area contributed by atoms with Gasteiger partial charge in [0.2, 0.25) is 0 Å². The predicted molar refractivity (Wildman–Crippen MR) is 98.4 cm³/mol. The summed E-state index contributed by atoms with van der Waals surface area (Å²) in [6.45, 7) is 5.61. The number of likely N-dealkylation sites (tertiary alicyclic amines) is 1. The highest BCUT2D eigenvalue weighted by Crippen LogP contribution is 2.23. The predicted octanol–water partition coefficient (Wildman–Crippen LogP) is 4.03. The van der Waals surface area contributed by atoms with Gasteiger partial charge in [0, 0.05) is 19.2 Å². The summed E-state index contributed by atoms with van der Waals surface area (Å²) in [5.41, 5.74) is -0.104. The molecular weight excluding hydrogens is 353 g/mol. The van der Waals surface area contributed by atoms with E-state index in [0.717, 1.165) is 38.8 Å². The molecule has 0 N–H and O–H groups in total. The van der Waals surface area contributed by atoms with E-state index in [9.17, 15) is 14.0 Å². The molecule has 27 heavy (non-hydrogen) atoms. The lowest BCUT2D eigenvalue weighted by molar-refractivity contribution is 0.0593. The number of hydrogen-bond acceptors (Lipinski definition) is 5. The van der Waals surface area contributed by atoms with Crippen molar-refractivity contribution < 1.29 is 28.2 Å². The first-order valence-corrected chi connectivity index (χ1v) is 9.37. The van der Waals surface area contributed by atoms with Crippen LogP contribution in [0.2, 0.25) is 0 Å². The van der Waals surface area contributed by atoms with Crippen LogP contribution in [0, 0.1) is 11.7 Å².